The molecule has 0 radical (unpaired) electrons. The number of furan rings is 1. The Morgan fingerprint density at radius 1 is 1.12 bits per heavy atom. The number of aromatic nitrogens is 2. The van der Waals surface area contributed by atoms with E-state index in [1.165, 1.54) is 28.6 Å². The standard InChI is InChI=1S/C25H21N3O3S2/c29-22(26-14-9-10-16-15-5-1-3-7-18(15)31-19(16)11-14)13-32-12-21-27-24(30)23-17-6-2-4-8-20(17)33-25(23)28-21/h1,3,5,7,9-11H,2,4,6,8,12-13H2,(H,26,29)(H,27,28,30). The number of amides is 1. The van der Waals surface area contributed by atoms with Gasteiger partial charge >= 0.3 is 0 Å². The topological polar surface area (TPSA) is 88.0 Å². The Labute approximate surface area is 197 Å². The minimum atomic E-state index is -0.106. The molecule has 0 fully saturated rings. The molecule has 33 heavy (non-hydrogen) atoms. The Hall–Kier alpha value is -3.10. The molecular formula is C25H21N3O3S2. The smallest absolute Gasteiger partial charge is 0.259 e. The van der Waals surface area contributed by atoms with E-state index < -0.39 is 0 Å². The number of para-hydroxylation sites is 1. The van der Waals surface area contributed by atoms with E-state index in [0.29, 0.717) is 17.3 Å². The maximum Gasteiger partial charge on any atom is 0.259 e. The first-order valence-corrected chi connectivity index (χ1v) is 13.0. The van der Waals surface area contributed by atoms with E-state index >= 15 is 0 Å². The van der Waals surface area contributed by atoms with Gasteiger partial charge in [0.1, 0.15) is 21.8 Å². The number of benzene rings is 2. The summed E-state index contributed by atoms with van der Waals surface area (Å²) in [5, 5.41) is 5.78. The molecule has 8 heteroatoms. The molecule has 1 aliphatic carbocycles. The monoisotopic (exact) mass is 475 g/mol. The second kappa shape index (κ2) is 8.35. The van der Waals surface area contributed by atoms with E-state index in [-0.39, 0.29) is 17.2 Å². The van der Waals surface area contributed by atoms with Gasteiger partial charge in [-0.15, -0.1) is 23.1 Å². The highest BCUT2D eigenvalue weighted by atomic mass is 32.2. The number of carbonyl (C=O) groups excluding carboxylic acids is 1. The largest absolute Gasteiger partial charge is 0.456 e. The van der Waals surface area contributed by atoms with Crippen molar-refractivity contribution in [1.29, 1.82) is 0 Å². The van der Waals surface area contributed by atoms with Crippen LogP contribution >= 0.6 is 23.1 Å². The lowest BCUT2D eigenvalue weighted by molar-refractivity contribution is -0.113. The lowest BCUT2D eigenvalue weighted by atomic mass is 9.97. The summed E-state index contributed by atoms with van der Waals surface area (Å²) in [6, 6.07) is 13.6. The van der Waals surface area contributed by atoms with E-state index in [9.17, 15) is 9.59 Å². The van der Waals surface area contributed by atoms with Crippen LogP contribution in [-0.2, 0) is 23.4 Å². The Kier molecular flexibility index (Phi) is 5.19. The van der Waals surface area contributed by atoms with Gasteiger partial charge in [-0.1, -0.05) is 18.2 Å². The summed E-state index contributed by atoms with van der Waals surface area (Å²) in [5.74, 6) is 1.25. The second-order valence-electron chi connectivity index (χ2n) is 8.25. The van der Waals surface area contributed by atoms with Crippen molar-refractivity contribution in [2.24, 2.45) is 0 Å². The predicted octanol–water partition coefficient (Wildman–Crippen LogP) is 5.63. The Bertz CT molecular complexity index is 1580. The van der Waals surface area contributed by atoms with Crippen LogP contribution in [0, 0.1) is 0 Å². The molecule has 0 aliphatic heterocycles. The fraction of sp³-hybridized carbons (Fsp3) is 0.240. The molecule has 2 N–H and O–H groups in total. The van der Waals surface area contributed by atoms with Crippen LogP contribution in [0.4, 0.5) is 5.69 Å². The third kappa shape index (κ3) is 3.83. The fourth-order valence-electron chi connectivity index (χ4n) is 4.52. The number of H-pyrrole nitrogens is 1. The van der Waals surface area contributed by atoms with Crippen molar-refractivity contribution in [3.8, 4) is 0 Å². The van der Waals surface area contributed by atoms with Crippen molar-refractivity contribution in [3.05, 3.63) is 69.1 Å². The zero-order valence-corrected chi connectivity index (χ0v) is 19.4. The summed E-state index contributed by atoms with van der Waals surface area (Å²) in [4.78, 5) is 34.8. The lowest BCUT2D eigenvalue weighted by Crippen LogP contribution is -2.15. The lowest BCUT2D eigenvalue weighted by Gasteiger charge is -2.09. The van der Waals surface area contributed by atoms with Crippen molar-refractivity contribution in [1.82, 2.24) is 9.97 Å². The van der Waals surface area contributed by atoms with E-state index in [4.69, 9.17) is 4.42 Å². The van der Waals surface area contributed by atoms with Gasteiger partial charge in [0.05, 0.1) is 16.9 Å². The highest BCUT2D eigenvalue weighted by Crippen LogP contribution is 2.34. The van der Waals surface area contributed by atoms with Crippen LogP contribution in [0.3, 0.4) is 0 Å². The van der Waals surface area contributed by atoms with Crippen molar-refractivity contribution in [3.63, 3.8) is 0 Å². The quantitative estimate of drug-likeness (QED) is 0.344. The summed E-state index contributed by atoms with van der Waals surface area (Å²) in [6.45, 7) is 0. The first-order chi connectivity index (χ1) is 16.2. The van der Waals surface area contributed by atoms with E-state index in [1.54, 1.807) is 11.3 Å². The summed E-state index contributed by atoms with van der Waals surface area (Å²) >= 11 is 3.07. The van der Waals surface area contributed by atoms with Crippen LogP contribution in [-0.4, -0.2) is 21.6 Å². The number of fused-ring (bicyclic) bond motifs is 6. The van der Waals surface area contributed by atoms with Crippen LogP contribution in [0.15, 0.2) is 51.7 Å². The average Bonchev–Trinajstić information content (AvgIpc) is 3.36. The molecule has 0 bridgehead atoms. The molecule has 2 aromatic carbocycles. The number of thiophene rings is 1. The number of thioether (sulfide) groups is 1. The molecule has 1 amide bonds. The third-order valence-corrected chi connectivity index (χ3v) is 8.14. The molecule has 0 unspecified atom stereocenters. The predicted molar refractivity (Wildman–Crippen MR) is 135 cm³/mol. The number of nitrogens with zero attached hydrogens (tertiary/aromatic N) is 1. The molecule has 0 atom stereocenters. The van der Waals surface area contributed by atoms with Gasteiger partial charge in [-0.05, 0) is 49.4 Å². The number of rotatable bonds is 5. The molecule has 5 aromatic rings. The molecule has 1 aliphatic rings. The van der Waals surface area contributed by atoms with Crippen molar-refractivity contribution in [2.75, 3.05) is 11.1 Å². The molecule has 3 heterocycles. The highest BCUT2D eigenvalue weighted by molar-refractivity contribution is 7.99. The maximum absolute atomic E-state index is 12.7. The second-order valence-corrected chi connectivity index (χ2v) is 10.3. The number of hydrogen-bond acceptors (Lipinski definition) is 6. The third-order valence-electron chi connectivity index (χ3n) is 6.01. The van der Waals surface area contributed by atoms with E-state index in [1.807, 2.05) is 42.5 Å². The van der Waals surface area contributed by atoms with Gasteiger partial charge < -0.3 is 14.7 Å². The van der Waals surface area contributed by atoms with Crippen LogP contribution in [0.5, 0.6) is 0 Å². The number of anilines is 1. The van der Waals surface area contributed by atoms with Crippen LogP contribution in [0.1, 0.15) is 29.1 Å². The number of aryl methyl sites for hydroxylation is 2. The van der Waals surface area contributed by atoms with Gasteiger partial charge in [-0.25, -0.2) is 4.98 Å². The van der Waals surface area contributed by atoms with Crippen molar-refractivity contribution in [2.45, 2.75) is 31.4 Å². The number of nitrogens with one attached hydrogen (secondary N) is 2. The van der Waals surface area contributed by atoms with Crippen LogP contribution < -0.4 is 10.9 Å². The van der Waals surface area contributed by atoms with Gasteiger partial charge in [-0.2, -0.15) is 0 Å². The minimum absolute atomic E-state index is 0.0569. The van der Waals surface area contributed by atoms with Gasteiger partial charge in [-0.3, -0.25) is 9.59 Å². The number of carbonyl (C=O) groups is 1. The van der Waals surface area contributed by atoms with Gasteiger partial charge in [0.15, 0.2) is 0 Å². The number of hydrogen-bond donors (Lipinski definition) is 2. The molecule has 0 spiro atoms. The number of aromatic amines is 1. The maximum atomic E-state index is 12.7. The molecular weight excluding hydrogens is 454 g/mol. The molecule has 166 valence electrons. The first kappa shape index (κ1) is 20.5. The molecule has 6 rings (SSSR count). The Balaban J connectivity index is 1.12. The van der Waals surface area contributed by atoms with E-state index in [2.05, 4.69) is 15.3 Å². The summed E-state index contributed by atoms with van der Waals surface area (Å²) in [7, 11) is 0. The van der Waals surface area contributed by atoms with Gasteiger partial charge in [0, 0.05) is 27.4 Å². The minimum Gasteiger partial charge on any atom is -0.456 e. The molecule has 6 nitrogen and oxygen atoms in total. The van der Waals surface area contributed by atoms with Crippen LogP contribution in [0.2, 0.25) is 0 Å². The highest BCUT2D eigenvalue weighted by Gasteiger charge is 2.19. The molecule has 0 saturated carbocycles. The zero-order chi connectivity index (χ0) is 22.4. The fourth-order valence-corrected chi connectivity index (χ4v) is 6.49. The Morgan fingerprint density at radius 2 is 1.97 bits per heavy atom. The molecule has 3 aromatic heterocycles. The van der Waals surface area contributed by atoms with E-state index in [0.717, 1.165) is 51.4 Å². The normalized spacial score (nSPS) is 13.6. The Morgan fingerprint density at radius 3 is 2.91 bits per heavy atom. The van der Waals surface area contributed by atoms with Crippen molar-refractivity contribution < 1.29 is 9.21 Å². The summed E-state index contributed by atoms with van der Waals surface area (Å²) < 4.78 is 5.89. The van der Waals surface area contributed by atoms with Crippen molar-refractivity contribution >= 4 is 66.8 Å². The summed E-state index contributed by atoms with van der Waals surface area (Å²) in [6.07, 6.45) is 4.32. The average molecular weight is 476 g/mol. The van der Waals surface area contributed by atoms with Gasteiger partial charge in [0.25, 0.3) is 5.56 Å². The SMILES string of the molecule is O=C(CSCc1nc2sc3c(c2c(=O)[nH]1)CCCC3)Nc1ccc2c(c1)oc1ccccc12. The first-order valence-electron chi connectivity index (χ1n) is 11.0. The summed E-state index contributed by atoms with van der Waals surface area (Å²) in [5.41, 5.74) is 3.41. The zero-order valence-electron chi connectivity index (χ0n) is 17.8. The van der Waals surface area contributed by atoms with Crippen LogP contribution in [0.25, 0.3) is 32.2 Å². The van der Waals surface area contributed by atoms with Gasteiger partial charge in [0.2, 0.25) is 5.91 Å². The molecule has 0 saturated heterocycles.